The number of ketones is 1. The number of rotatable bonds is 4. The van der Waals surface area contributed by atoms with Crippen molar-refractivity contribution < 1.29 is 18.3 Å². The van der Waals surface area contributed by atoms with Gasteiger partial charge in [-0.1, -0.05) is 13.0 Å². The van der Waals surface area contributed by atoms with Gasteiger partial charge in [-0.15, -0.1) is 9.32 Å². The zero-order chi connectivity index (χ0) is 18.3. The van der Waals surface area contributed by atoms with Gasteiger partial charge in [-0.05, 0) is 73.1 Å². The van der Waals surface area contributed by atoms with Gasteiger partial charge in [0.1, 0.15) is 11.7 Å². The minimum absolute atomic E-state index is 0.178. The highest BCUT2D eigenvalue weighted by Crippen LogP contribution is 2.60. The Bertz CT molecular complexity index is 764. The van der Waals surface area contributed by atoms with Gasteiger partial charge in [0.25, 0.3) is 12.3 Å². The average Bonchev–Trinajstić information content (AvgIpc) is 2.92. The van der Waals surface area contributed by atoms with Gasteiger partial charge >= 0.3 is 0 Å². The average molecular weight is 374 g/mol. The lowest BCUT2D eigenvalue weighted by atomic mass is 9.55. The molecule has 3 aliphatic rings. The summed E-state index contributed by atoms with van der Waals surface area (Å²) in [4.78, 5) is 16.7. The van der Waals surface area contributed by atoms with Crippen LogP contribution in [0, 0.1) is 34.5 Å². The van der Waals surface area contributed by atoms with Crippen molar-refractivity contribution in [3.63, 3.8) is 0 Å². The molecule has 0 amide bonds. The van der Waals surface area contributed by atoms with Gasteiger partial charge in [-0.3, -0.25) is 4.79 Å². The van der Waals surface area contributed by atoms with E-state index in [1.807, 2.05) is 12.1 Å². The van der Waals surface area contributed by atoms with E-state index >= 15 is 0 Å². The van der Waals surface area contributed by atoms with Crippen LogP contribution in [0.3, 0.4) is 0 Å². The van der Waals surface area contributed by atoms with Crippen molar-refractivity contribution in [1.82, 2.24) is 0 Å². The number of fused-ring (bicyclic) bond motifs is 5. The molecule has 0 heterocycles. The van der Waals surface area contributed by atoms with Crippen molar-refractivity contribution in [2.24, 2.45) is 29.1 Å². The van der Waals surface area contributed by atoms with Gasteiger partial charge < -0.3 is 4.18 Å². The molecule has 1 aromatic carbocycles. The summed E-state index contributed by atoms with van der Waals surface area (Å²) in [5, 5.41) is 9.36. The largest absolute Gasteiger partial charge is 0.399 e. The first-order valence-corrected chi connectivity index (χ1v) is 9.68. The molecule has 0 radical (unpaired) electrons. The molecule has 0 spiro atoms. The van der Waals surface area contributed by atoms with Crippen LogP contribution in [0.15, 0.2) is 18.2 Å². The van der Waals surface area contributed by atoms with Crippen molar-refractivity contribution >= 4 is 18.1 Å². The van der Waals surface area contributed by atoms with Crippen LogP contribution in [0.2, 0.25) is 0 Å². The maximum Gasteiger partial charge on any atom is 0.260 e. The van der Waals surface area contributed by atoms with Gasteiger partial charge in [0, 0.05) is 5.41 Å². The van der Waals surface area contributed by atoms with Crippen LogP contribution in [-0.4, -0.2) is 5.78 Å². The highest BCUT2D eigenvalue weighted by molar-refractivity contribution is 7.90. The van der Waals surface area contributed by atoms with Crippen LogP contribution in [0.25, 0.3) is 0 Å². The number of Topliss-reactive ketones (excluding diaryl/α,β-unsaturated/α-hetero) is 1. The molecule has 2 saturated carbocycles. The van der Waals surface area contributed by atoms with Gasteiger partial charge in [0.2, 0.25) is 0 Å². The molecule has 4 unspecified atom stereocenters. The molecule has 4 rings (SSSR count). The lowest BCUT2D eigenvalue weighted by Gasteiger charge is -2.48. The van der Waals surface area contributed by atoms with E-state index in [1.54, 1.807) is 0 Å². The molecule has 6 nitrogen and oxygen atoms in total. The standard InChI is InChI=1S/C19H22N2O4S/c1-19-7-6-15-14-5-3-13(23-26-25-24-21)8-11(14)2-4-16(15)17(19)9-12(10-20)18(19)22/h3,5,8,12,15-17H,2,4,6-7,9,21H2,1H3/t12?,15?,16?,17?,19-/m0/s1. The molecule has 3 aliphatic carbocycles. The first-order chi connectivity index (χ1) is 12.6. The first-order valence-electron chi connectivity index (χ1n) is 9.02. The Morgan fingerprint density at radius 1 is 1.38 bits per heavy atom. The fraction of sp³-hybridized carbons (Fsp3) is 0.579. The lowest BCUT2D eigenvalue weighted by molar-refractivity contribution is -0.199. The summed E-state index contributed by atoms with van der Waals surface area (Å²) >= 11 is 0.679. The Kier molecular flexibility index (Phi) is 4.70. The minimum atomic E-state index is -0.414. The van der Waals surface area contributed by atoms with Crippen molar-refractivity contribution in [2.45, 2.75) is 44.9 Å². The molecule has 0 saturated heterocycles. The monoisotopic (exact) mass is 374 g/mol. The van der Waals surface area contributed by atoms with Crippen molar-refractivity contribution in [3.8, 4) is 11.8 Å². The van der Waals surface area contributed by atoms with Gasteiger partial charge in [0.15, 0.2) is 5.78 Å². The van der Waals surface area contributed by atoms with E-state index in [2.05, 4.69) is 28.4 Å². The summed E-state index contributed by atoms with van der Waals surface area (Å²) in [5.41, 5.74) is 2.35. The third kappa shape index (κ3) is 2.72. The van der Waals surface area contributed by atoms with E-state index in [1.165, 1.54) is 11.1 Å². The number of nitrogens with two attached hydrogens (primary N) is 1. The topological polar surface area (TPSA) is 94.6 Å². The van der Waals surface area contributed by atoms with Crippen LogP contribution in [0.4, 0.5) is 0 Å². The number of carbonyl (C=O) groups excluding carboxylic acids is 1. The quantitative estimate of drug-likeness (QED) is 0.372. The fourth-order valence-corrected chi connectivity index (χ4v) is 5.85. The number of carbonyl (C=O) groups is 1. The summed E-state index contributed by atoms with van der Waals surface area (Å²) in [6, 6.07) is 8.35. The minimum Gasteiger partial charge on any atom is -0.399 e. The number of aryl methyl sites for hydroxylation is 1. The molecule has 26 heavy (non-hydrogen) atoms. The number of benzene rings is 1. The highest BCUT2D eigenvalue weighted by Gasteiger charge is 2.58. The number of hydrogen-bond acceptors (Lipinski definition) is 7. The fourth-order valence-electron chi connectivity index (χ4n) is 5.61. The Morgan fingerprint density at radius 3 is 3.00 bits per heavy atom. The van der Waals surface area contributed by atoms with E-state index in [9.17, 15) is 10.1 Å². The zero-order valence-electron chi connectivity index (χ0n) is 14.6. The predicted molar refractivity (Wildman–Crippen MR) is 95.1 cm³/mol. The highest BCUT2D eigenvalue weighted by atomic mass is 32.2. The maximum atomic E-state index is 12.7. The van der Waals surface area contributed by atoms with Crippen LogP contribution in [-0.2, 0) is 20.5 Å². The summed E-state index contributed by atoms with van der Waals surface area (Å²) in [6.07, 6.45) is 4.64. The van der Waals surface area contributed by atoms with Crippen molar-refractivity contribution in [3.05, 3.63) is 29.3 Å². The Balaban J connectivity index is 1.57. The molecule has 0 bridgehead atoms. The van der Waals surface area contributed by atoms with Crippen LogP contribution >= 0.6 is 12.3 Å². The summed E-state index contributed by atoms with van der Waals surface area (Å²) in [5.74, 6) is 6.53. The molecule has 2 N–H and O–H groups in total. The second kappa shape index (κ2) is 6.86. The zero-order valence-corrected chi connectivity index (χ0v) is 15.5. The van der Waals surface area contributed by atoms with Crippen molar-refractivity contribution in [1.29, 1.82) is 5.26 Å². The van der Waals surface area contributed by atoms with Gasteiger partial charge in [-0.2, -0.15) is 11.2 Å². The second-order valence-corrected chi connectivity index (χ2v) is 8.27. The number of hydrogen-bond donors (Lipinski definition) is 1. The van der Waals surface area contributed by atoms with E-state index in [0.717, 1.165) is 32.1 Å². The number of nitriles is 1. The molecule has 5 atom stereocenters. The maximum absolute atomic E-state index is 12.7. The third-order valence-corrected chi connectivity index (χ3v) is 7.20. The third-order valence-electron chi connectivity index (χ3n) is 6.81. The molecule has 0 aliphatic heterocycles. The molecule has 7 heteroatoms. The van der Waals surface area contributed by atoms with Gasteiger partial charge in [-0.25, -0.2) is 0 Å². The van der Waals surface area contributed by atoms with E-state index in [0.29, 0.717) is 35.8 Å². The van der Waals surface area contributed by atoms with Crippen LogP contribution in [0.1, 0.15) is 49.7 Å². The van der Waals surface area contributed by atoms with E-state index < -0.39 is 5.92 Å². The van der Waals surface area contributed by atoms with Crippen LogP contribution in [0.5, 0.6) is 5.75 Å². The molecular weight excluding hydrogens is 352 g/mol. The predicted octanol–water partition coefficient (Wildman–Crippen LogP) is 3.63. The SMILES string of the molecule is C[C@]12CCC3c4ccc(OSOON)cc4CCC3C1CC(C#N)C2=O. The Morgan fingerprint density at radius 2 is 2.23 bits per heavy atom. The normalized spacial score (nSPS) is 35.2. The Hall–Kier alpha value is -1.59. The summed E-state index contributed by atoms with van der Waals surface area (Å²) in [7, 11) is 0. The first kappa shape index (κ1) is 17.8. The van der Waals surface area contributed by atoms with E-state index in [4.69, 9.17) is 10.1 Å². The van der Waals surface area contributed by atoms with Gasteiger partial charge in [0.05, 0.1) is 6.07 Å². The Labute approximate surface area is 157 Å². The summed E-state index contributed by atoms with van der Waals surface area (Å²) in [6.45, 7) is 2.09. The lowest BCUT2D eigenvalue weighted by Crippen LogP contribution is -2.42. The summed E-state index contributed by atoms with van der Waals surface area (Å²) < 4.78 is 9.86. The molecular formula is C19H22N2O4S. The molecule has 138 valence electrons. The second-order valence-electron chi connectivity index (χ2n) is 7.83. The molecule has 1 aromatic rings. The van der Waals surface area contributed by atoms with E-state index in [-0.39, 0.29) is 11.2 Å². The van der Waals surface area contributed by atoms with Crippen molar-refractivity contribution in [2.75, 3.05) is 0 Å². The van der Waals surface area contributed by atoms with Crippen LogP contribution < -0.4 is 10.1 Å². The molecule has 2 fully saturated rings. The smallest absolute Gasteiger partial charge is 0.260 e. The number of nitrogens with zero attached hydrogens (tertiary/aromatic N) is 1. The molecule has 0 aromatic heterocycles.